The Morgan fingerprint density at radius 1 is 1.40 bits per heavy atom. The molecule has 15 heavy (non-hydrogen) atoms. The third-order valence-electron chi connectivity index (χ3n) is 3.29. The number of likely N-dealkylation sites (tertiary alicyclic amines) is 1. The minimum Gasteiger partial charge on any atom is -0.399 e. The van der Waals surface area contributed by atoms with Gasteiger partial charge in [0.25, 0.3) is 0 Å². The van der Waals surface area contributed by atoms with Gasteiger partial charge in [0, 0.05) is 12.2 Å². The molecular weight excluding hydrogens is 184 g/mol. The van der Waals surface area contributed by atoms with Crippen LogP contribution >= 0.6 is 0 Å². The van der Waals surface area contributed by atoms with Gasteiger partial charge in [0.05, 0.1) is 0 Å². The summed E-state index contributed by atoms with van der Waals surface area (Å²) in [6.07, 6.45) is 3.81. The lowest BCUT2D eigenvalue weighted by Crippen LogP contribution is -2.33. The van der Waals surface area contributed by atoms with E-state index >= 15 is 0 Å². The number of benzene rings is 1. The first-order valence-electron chi connectivity index (χ1n) is 5.77. The molecule has 0 spiro atoms. The molecule has 0 radical (unpaired) electrons. The molecule has 1 aliphatic heterocycles. The first-order chi connectivity index (χ1) is 7.25. The minimum absolute atomic E-state index is 0.786. The van der Waals surface area contributed by atoms with Crippen LogP contribution in [0.4, 0.5) is 5.69 Å². The summed E-state index contributed by atoms with van der Waals surface area (Å²) >= 11 is 0. The third-order valence-corrected chi connectivity index (χ3v) is 3.29. The number of para-hydroxylation sites is 1. The Morgan fingerprint density at radius 2 is 2.20 bits per heavy atom. The smallest absolute Gasteiger partial charge is 0.0346 e. The van der Waals surface area contributed by atoms with Crippen molar-refractivity contribution in [1.82, 2.24) is 4.90 Å². The van der Waals surface area contributed by atoms with E-state index < -0.39 is 0 Å². The summed E-state index contributed by atoms with van der Waals surface area (Å²) in [5.41, 5.74) is 8.23. The van der Waals surface area contributed by atoms with E-state index in [1.165, 1.54) is 31.5 Å². The van der Waals surface area contributed by atoms with Crippen LogP contribution in [0.25, 0.3) is 0 Å². The lowest BCUT2D eigenvalue weighted by Gasteiger charge is -2.29. The van der Waals surface area contributed by atoms with Gasteiger partial charge in [0.2, 0.25) is 0 Å². The van der Waals surface area contributed by atoms with Gasteiger partial charge in [-0.1, -0.05) is 18.2 Å². The van der Waals surface area contributed by atoms with Crippen LogP contribution in [0.1, 0.15) is 18.4 Å². The number of nitrogens with two attached hydrogens (primary N) is 1. The largest absolute Gasteiger partial charge is 0.399 e. The van der Waals surface area contributed by atoms with Crippen molar-refractivity contribution in [2.45, 2.75) is 19.3 Å². The standard InChI is InChI=1S/C13H20N2/c1-15-8-4-5-11(10-15)9-12-6-2-3-7-13(12)14/h2-3,6-7,11H,4-5,8-10,14H2,1H3. The van der Waals surface area contributed by atoms with Crippen LogP contribution in [0.5, 0.6) is 0 Å². The Kier molecular flexibility index (Phi) is 3.27. The molecule has 1 saturated heterocycles. The first-order valence-corrected chi connectivity index (χ1v) is 5.77. The number of nitrogens with zero attached hydrogens (tertiary/aromatic N) is 1. The van der Waals surface area contributed by atoms with Crippen molar-refractivity contribution in [2.24, 2.45) is 5.92 Å². The van der Waals surface area contributed by atoms with Gasteiger partial charge in [0.15, 0.2) is 0 Å². The molecule has 0 saturated carbocycles. The van der Waals surface area contributed by atoms with Gasteiger partial charge in [0.1, 0.15) is 0 Å². The quantitative estimate of drug-likeness (QED) is 0.748. The van der Waals surface area contributed by atoms with Crippen molar-refractivity contribution in [3.8, 4) is 0 Å². The van der Waals surface area contributed by atoms with Gasteiger partial charge in [-0.2, -0.15) is 0 Å². The van der Waals surface area contributed by atoms with Crippen LogP contribution < -0.4 is 5.73 Å². The second kappa shape index (κ2) is 4.67. The van der Waals surface area contributed by atoms with Crippen molar-refractivity contribution in [3.63, 3.8) is 0 Å². The highest BCUT2D eigenvalue weighted by Crippen LogP contribution is 2.22. The maximum Gasteiger partial charge on any atom is 0.0346 e. The number of rotatable bonds is 2. The molecular formula is C13H20N2. The number of hydrogen-bond acceptors (Lipinski definition) is 2. The highest BCUT2D eigenvalue weighted by Gasteiger charge is 2.17. The first kappa shape index (κ1) is 10.5. The summed E-state index contributed by atoms with van der Waals surface area (Å²) in [5, 5.41) is 0. The second-order valence-electron chi connectivity index (χ2n) is 4.67. The Morgan fingerprint density at radius 3 is 2.93 bits per heavy atom. The molecule has 1 unspecified atom stereocenters. The fourth-order valence-electron chi connectivity index (χ4n) is 2.47. The predicted molar refractivity (Wildman–Crippen MR) is 64.8 cm³/mol. The van der Waals surface area contributed by atoms with E-state index in [9.17, 15) is 0 Å². The highest BCUT2D eigenvalue weighted by molar-refractivity contribution is 5.46. The second-order valence-corrected chi connectivity index (χ2v) is 4.67. The van der Waals surface area contributed by atoms with Gasteiger partial charge in [-0.25, -0.2) is 0 Å². The van der Waals surface area contributed by atoms with Crippen molar-refractivity contribution in [2.75, 3.05) is 25.9 Å². The fourth-order valence-corrected chi connectivity index (χ4v) is 2.47. The van der Waals surface area contributed by atoms with E-state index in [2.05, 4.69) is 24.1 Å². The van der Waals surface area contributed by atoms with E-state index in [0.29, 0.717) is 0 Å². The molecule has 1 aromatic rings. The van der Waals surface area contributed by atoms with Gasteiger partial charge < -0.3 is 10.6 Å². The zero-order valence-corrected chi connectivity index (χ0v) is 9.45. The van der Waals surface area contributed by atoms with Crippen molar-refractivity contribution >= 4 is 5.69 Å². The lowest BCUT2D eigenvalue weighted by atomic mass is 9.91. The van der Waals surface area contributed by atoms with E-state index in [4.69, 9.17) is 5.73 Å². The molecule has 1 aliphatic rings. The van der Waals surface area contributed by atoms with Crippen LogP contribution in [0.15, 0.2) is 24.3 Å². The zero-order valence-electron chi connectivity index (χ0n) is 9.45. The Hall–Kier alpha value is -1.02. The third kappa shape index (κ3) is 2.72. The molecule has 2 nitrogen and oxygen atoms in total. The van der Waals surface area contributed by atoms with Gasteiger partial charge in [-0.3, -0.25) is 0 Å². The summed E-state index contributed by atoms with van der Waals surface area (Å²) in [6, 6.07) is 8.25. The molecule has 82 valence electrons. The summed E-state index contributed by atoms with van der Waals surface area (Å²) in [7, 11) is 2.21. The van der Waals surface area contributed by atoms with Gasteiger partial charge >= 0.3 is 0 Å². The fraction of sp³-hybridized carbons (Fsp3) is 0.538. The summed E-state index contributed by atoms with van der Waals surface area (Å²) in [6.45, 7) is 2.47. The maximum absolute atomic E-state index is 5.96. The SMILES string of the molecule is CN1CCCC(Cc2ccccc2N)C1. The predicted octanol–water partition coefficient (Wildman–Crippen LogP) is 2.15. The summed E-state index contributed by atoms with van der Waals surface area (Å²) in [5.74, 6) is 0.786. The lowest BCUT2D eigenvalue weighted by molar-refractivity contribution is 0.209. The molecule has 2 N–H and O–H groups in total. The minimum atomic E-state index is 0.786. The molecule has 0 aliphatic carbocycles. The van der Waals surface area contributed by atoms with Crippen LogP contribution in [0.3, 0.4) is 0 Å². The van der Waals surface area contributed by atoms with E-state index in [-0.39, 0.29) is 0 Å². The Labute approximate surface area is 92.1 Å². The van der Waals surface area contributed by atoms with E-state index in [1.54, 1.807) is 0 Å². The maximum atomic E-state index is 5.96. The molecule has 1 atom stereocenters. The van der Waals surface area contributed by atoms with Crippen molar-refractivity contribution in [3.05, 3.63) is 29.8 Å². The number of hydrogen-bond donors (Lipinski definition) is 1. The normalized spacial score (nSPS) is 22.9. The zero-order chi connectivity index (χ0) is 10.7. The molecule has 0 amide bonds. The van der Waals surface area contributed by atoms with Crippen molar-refractivity contribution < 1.29 is 0 Å². The molecule has 1 aromatic carbocycles. The number of piperidine rings is 1. The molecule has 2 heteroatoms. The van der Waals surface area contributed by atoms with Crippen LogP contribution in [0, 0.1) is 5.92 Å². The monoisotopic (exact) mass is 204 g/mol. The molecule has 1 fully saturated rings. The number of anilines is 1. The molecule has 0 aromatic heterocycles. The average Bonchev–Trinajstić information content (AvgIpc) is 2.22. The molecule has 0 bridgehead atoms. The molecule has 1 heterocycles. The van der Waals surface area contributed by atoms with Crippen molar-refractivity contribution in [1.29, 1.82) is 0 Å². The topological polar surface area (TPSA) is 29.3 Å². The van der Waals surface area contributed by atoms with Crippen LogP contribution in [-0.4, -0.2) is 25.0 Å². The van der Waals surface area contributed by atoms with E-state index in [1.807, 2.05) is 12.1 Å². The summed E-state index contributed by atoms with van der Waals surface area (Å²) < 4.78 is 0. The Balaban J connectivity index is 1.99. The number of nitrogen functional groups attached to an aromatic ring is 1. The van der Waals surface area contributed by atoms with Gasteiger partial charge in [-0.15, -0.1) is 0 Å². The Bertz CT molecular complexity index is 322. The van der Waals surface area contributed by atoms with Gasteiger partial charge in [-0.05, 0) is 50.4 Å². The highest BCUT2D eigenvalue weighted by atomic mass is 15.1. The van der Waals surface area contributed by atoms with Crippen LogP contribution in [0.2, 0.25) is 0 Å². The average molecular weight is 204 g/mol. The van der Waals surface area contributed by atoms with E-state index in [0.717, 1.165) is 18.0 Å². The summed E-state index contributed by atoms with van der Waals surface area (Å²) in [4.78, 5) is 2.42. The van der Waals surface area contributed by atoms with Crippen LogP contribution in [-0.2, 0) is 6.42 Å². The molecule has 2 rings (SSSR count).